The molecule has 1 aliphatic rings. The zero-order valence-electron chi connectivity index (χ0n) is 9.57. The first kappa shape index (κ1) is 11.6. The molecular formula is C14H17NS. The molecule has 0 bridgehead atoms. The lowest BCUT2D eigenvalue weighted by Gasteiger charge is -2.20. The van der Waals surface area contributed by atoms with Gasteiger partial charge in [0.15, 0.2) is 0 Å². The third kappa shape index (κ3) is 2.42. The molecule has 0 amide bonds. The van der Waals surface area contributed by atoms with Crippen molar-refractivity contribution < 1.29 is 0 Å². The van der Waals surface area contributed by atoms with E-state index in [0.717, 1.165) is 18.6 Å². The van der Waals surface area contributed by atoms with Crippen molar-refractivity contribution in [3.8, 4) is 12.3 Å². The van der Waals surface area contributed by atoms with Crippen LogP contribution in [0, 0.1) is 12.3 Å². The summed E-state index contributed by atoms with van der Waals surface area (Å²) < 4.78 is 0. The van der Waals surface area contributed by atoms with Crippen molar-refractivity contribution in [2.24, 2.45) is 0 Å². The van der Waals surface area contributed by atoms with E-state index in [1.54, 1.807) is 0 Å². The molecule has 1 aliphatic heterocycles. The minimum Gasteiger partial charge on any atom is -0.305 e. The summed E-state index contributed by atoms with van der Waals surface area (Å²) in [5, 5.41) is 3.66. The molecule has 2 atom stereocenters. The van der Waals surface area contributed by atoms with Gasteiger partial charge in [0.25, 0.3) is 0 Å². The minimum atomic E-state index is 0.446. The highest BCUT2D eigenvalue weighted by Crippen LogP contribution is 2.38. The van der Waals surface area contributed by atoms with Crippen molar-refractivity contribution in [1.82, 2.24) is 5.32 Å². The molecule has 2 unspecified atom stereocenters. The Morgan fingerprint density at radius 3 is 3.12 bits per heavy atom. The Morgan fingerprint density at radius 2 is 2.38 bits per heavy atom. The van der Waals surface area contributed by atoms with Gasteiger partial charge in [-0.15, -0.1) is 24.1 Å². The monoisotopic (exact) mass is 231 g/mol. The largest absolute Gasteiger partial charge is 0.305 e. The van der Waals surface area contributed by atoms with Gasteiger partial charge in [0.05, 0.1) is 0 Å². The lowest BCUT2D eigenvalue weighted by molar-refractivity contribution is 0.454. The Hall–Kier alpha value is -0.910. The van der Waals surface area contributed by atoms with E-state index >= 15 is 0 Å². The SMILES string of the molecule is C#CCC(CC)NC1CSc2ccccc21. The number of terminal acetylenes is 1. The zero-order chi connectivity index (χ0) is 11.4. The fourth-order valence-corrected chi connectivity index (χ4v) is 3.22. The van der Waals surface area contributed by atoms with Crippen molar-refractivity contribution >= 4 is 11.8 Å². The molecule has 0 fully saturated rings. The number of hydrogen-bond donors (Lipinski definition) is 1. The molecule has 0 saturated carbocycles. The Kier molecular flexibility index (Phi) is 3.93. The second kappa shape index (κ2) is 5.43. The minimum absolute atomic E-state index is 0.446. The molecule has 0 spiro atoms. The summed E-state index contributed by atoms with van der Waals surface area (Å²) in [5.41, 5.74) is 1.43. The van der Waals surface area contributed by atoms with Gasteiger partial charge in [0.1, 0.15) is 0 Å². The lowest BCUT2D eigenvalue weighted by atomic mass is 10.1. The topological polar surface area (TPSA) is 12.0 Å². The number of benzene rings is 1. The number of thioether (sulfide) groups is 1. The van der Waals surface area contributed by atoms with Crippen LogP contribution in [0.5, 0.6) is 0 Å². The second-order valence-corrected chi connectivity index (χ2v) is 5.14. The summed E-state index contributed by atoms with van der Waals surface area (Å²) in [4.78, 5) is 1.41. The summed E-state index contributed by atoms with van der Waals surface area (Å²) in [7, 11) is 0. The van der Waals surface area contributed by atoms with Crippen molar-refractivity contribution in [2.45, 2.75) is 36.7 Å². The molecule has 16 heavy (non-hydrogen) atoms. The summed E-state index contributed by atoms with van der Waals surface area (Å²) in [6.07, 6.45) is 7.29. The van der Waals surface area contributed by atoms with Crippen molar-refractivity contribution in [2.75, 3.05) is 5.75 Å². The normalized spacial score (nSPS) is 20.1. The first-order valence-electron chi connectivity index (χ1n) is 5.76. The highest BCUT2D eigenvalue weighted by molar-refractivity contribution is 7.99. The van der Waals surface area contributed by atoms with Crippen LogP contribution in [-0.4, -0.2) is 11.8 Å². The van der Waals surface area contributed by atoms with E-state index in [9.17, 15) is 0 Å². The van der Waals surface area contributed by atoms with Gasteiger partial charge >= 0.3 is 0 Å². The zero-order valence-corrected chi connectivity index (χ0v) is 10.4. The average Bonchev–Trinajstić information content (AvgIpc) is 2.72. The highest BCUT2D eigenvalue weighted by Gasteiger charge is 2.23. The maximum atomic E-state index is 5.38. The van der Waals surface area contributed by atoms with E-state index in [1.165, 1.54) is 10.5 Å². The van der Waals surface area contributed by atoms with Crippen LogP contribution in [0.15, 0.2) is 29.2 Å². The van der Waals surface area contributed by atoms with Crippen molar-refractivity contribution in [1.29, 1.82) is 0 Å². The van der Waals surface area contributed by atoms with Gasteiger partial charge in [0, 0.05) is 29.2 Å². The third-order valence-electron chi connectivity index (χ3n) is 2.99. The van der Waals surface area contributed by atoms with Crippen LogP contribution in [0.4, 0.5) is 0 Å². The number of rotatable bonds is 4. The molecule has 1 N–H and O–H groups in total. The predicted molar refractivity (Wildman–Crippen MR) is 70.6 cm³/mol. The van der Waals surface area contributed by atoms with Crippen LogP contribution in [-0.2, 0) is 0 Å². The fraction of sp³-hybridized carbons (Fsp3) is 0.429. The molecule has 1 aromatic carbocycles. The summed E-state index contributed by atoms with van der Waals surface area (Å²) >= 11 is 1.93. The summed E-state index contributed by atoms with van der Waals surface area (Å²) in [6.45, 7) is 2.18. The smallest absolute Gasteiger partial charge is 0.0428 e. The molecule has 1 heterocycles. The van der Waals surface area contributed by atoms with Gasteiger partial charge in [-0.3, -0.25) is 0 Å². The van der Waals surface area contributed by atoms with Gasteiger partial charge in [0.2, 0.25) is 0 Å². The van der Waals surface area contributed by atoms with E-state index in [-0.39, 0.29) is 0 Å². The lowest BCUT2D eigenvalue weighted by Crippen LogP contribution is -2.32. The van der Waals surface area contributed by atoms with Crippen LogP contribution in [0.25, 0.3) is 0 Å². The third-order valence-corrected chi connectivity index (χ3v) is 4.18. The van der Waals surface area contributed by atoms with Gasteiger partial charge < -0.3 is 5.32 Å². The fourth-order valence-electron chi connectivity index (χ4n) is 2.05. The number of fused-ring (bicyclic) bond motifs is 1. The van der Waals surface area contributed by atoms with E-state index in [1.807, 2.05) is 11.8 Å². The van der Waals surface area contributed by atoms with Crippen molar-refractivity contribution in [3.05, 3.63) is 29.8 Å². The first-order chi connectivity index (χ1) is 7.85. The van der Waals surface area contributed by atoms with Crippen LogP contribution >= 0.6 is 11.8 Å². The molecule has 1 aromatic rings. The molecule has 0 radical (unpaired) electrons. The number of hydrogen-bond acceptors (Lipinski definition) is 2. The van der Waals surface area contributed by atoms with Crippen molar-refractivity contribution in [3.63, 3.8) is 0 Å². The Morgan fingerprint density at radius 1 is 1.56 bits per heavy atom. The first-order valence-corrected chi connectivity index (χ1v) is 6.75. The Labute approximate surface area is 102 Å². The van der Waals surface area contributed by atoms with E-state index in [4.69, 9.17) is 6.42 Å². The van der Waals surface area contributed by atoms with Gasteiger partial charge in [-0.05, 0) is 18.1 Å². The maximum absolute atomic E-state index is 5.38. The van der Waals surface area contributed by atoms with Gasteiger partial charge in [-0.1, -0.05) is 25.1 Å². The maximum Gasteiger partial charge on any atom is 0.0428 e. The van der Waals surface area contributed by atoms with Crippen LogP contribution in [0.2, 0.25) is 0 Å². The molecule has 2 heteroatoms. The Bertz CT molecular complexity index is 394. The molecule has 2 rings (SSSR count). The van der Waals surface area contributed by atoms with Crippen LogP contribution in [0.1, 0.15) is 31.4 Å². The van der Waals surface area contributed by atoms with E-state index in [0.29, 0.717) is 12.1 Å². The van der Waals surface area contributed by atoms with E-state index in [2.05, 4.69) is 42.4 Å². The molecule has 0 aromatic heterocycles. The van der Waals surface area contributed by atoms with Crippen LogP contribution in [0.3, 0.4) is 0 Å². The number of nitrogens with one attached hydrogen (secondary N) is 1. The van der Waals surface area contributed by atoms with Gasteiger partial charge in [-0.2, -0.15) is 0 Å². The van der Waals surface area contributed by atoms with Gasteiger partial charge in [-0.25, -0.2) is 0 Å². The highest BCUT2D eigenvalue weighted by atomic mass is 32.2. The Balaban J connectivity index is 2.05. The molecule has 0 saturated heterocycles. The second-order valence-electron chi connectivity index (χ2n) is 4.08. The quantitative estimate of drug-likeness (QED) is 0.799. The summed E-state index contributed by atoms with van der Waals surface area (Å²) in [5.74, 6) is 3.87. The van der Waals surface area contributed by atoms with Crippen LogP contribution < -0.4 is 5.32 Å². The average molecular weight is 231 g/mol. The predicted octanol–water partition coefficient (Wildman–Crippen LogP) is 3.22. The molecule has 0 aliphatic carbocycles. The summed E-state index contributed by atoms with van der Waals surface area (Å²) in [6, 6.07) is 9.55. The molecular weight excluding hydrogens is 214 g/mol. The molecule has 84 valence electrons. The molecule has 1 nitrogen and oxygen atoms in total. The van der Waals surface area contributed by atoms with E-state index < -0.39 is 0 Å². The standard InChI is InChI=1S/C14H17NS/c1-3-7-11(4-2)15-13-10-16-14-9-6-5-8-12(13)14/h1,5-6,8-9,11,13,15H,4,7,10H2,2H3.